The van der Waals surface area contributed by atoms with Gasteiger partial charge in [-0.05, 0) is 31.0 Å². The van der Waals surface area contributed by atoms with Crippen LogP contribution in [0.15, 0.2) is 30.3 Å². The highest BCUT2D eigenvalue weighted by Gasteiger charge is 2.17. The van der Waals surface area contributed by atoms with Crippen molar-refractivity contribution in [2.24, 2.45) is 0 Å². The standard InChI is InChI=1S/C15H18N2O3/c18-9-11-8-14(17-16-11)13-5-1-2-6-15(13)20-10-12-4-3-7-19-12/h1-2,5-6,8,12,18H,3-4,7,9-10H2,(H,16,17). The van der Waals surface area contributed by atoms with Gasteiger partial charge in [-0.15, -0.1) is 0 Å². The van der Waals surface area contributed by atoms with E-state index in [1.807, 2.05) is 30.3 Å². The summed E-state index contributed by atoms with van der Waals surface area (Å²) in [5, 5.41) is 16.1. The van der Waals surface area contributed by atoms with Crippen LogP contribution in [0.3, 0.4) is 0 Å². The Balaban J connectivity index is 1.76. The fraction of sp³-hybridized carbons (Fsp3) is 0.400. The molecule has 20 heavy (non-hydrogen) atoms. The van der Waals surface area contributed by atoms with Crippen molar-refractivity contribution in [1.29, 1.82) is 0 Å². The van der Waals surface area contributed by atoms with E-state index in [9.17, 15) is 0 Å². The van der Waals surface area contributed by atoms with Crippen LogP contribution in [0.25, 0.3) is 11.3 Å². The first-order chi connectivity index (χ1) is 9.86. The molecule has 1 aromatic heterocycles. The van der Waals surface area contributed by atoms with Crippen molar-refractivity contribution in [3.8, 4) is 17.0 Å². The molecule has 0 radical (unpaired) electrons. The largest absolute Gasteiger partial charge is 0.490 e. The molecule has 1 aliphatic rings. The maximum Gasteiger partial charge on any atom is 0.128 e. The van der Waals surface area contributed by atoms with Gasteiger partial charge in [0.1, 0.15) is 12.4 Å². The average Bonchev–Trinajstić information content (AvgIpc) is 3.16. The molecule has 5 heteroatoms. The zero-order valence-corrected chi connectivity index (χ0v) is 11.2. The summed E-state index contributed by atoms with van der Waals surface area (Å²) in [5.74, 6) is 0.791. The lowest BCUT2D eigenvalue weighted by Gasteiger charge is -2.13. The molecule has 0 spiro atoms. The second-order valence-electron chi connectivity index (χ2n) is 4.88. The molecule has 0 amide bonds. The molecule has 5 nitrogen and oxygen atoms in total. The number of benzene rings is 1. The van der Waals surface area contributed by atoms with Crippen molar-refractivity contribution < 1.29 is 14.6 Å². The van der Waals surface area contributed by atoms with Crippen LogP contribution in [-0.4, -0.2) is 34.6 Å². The number of aromatic amines is 1. The Bertz CT molecular complexity index is 562. The lowest BCUT2D eigenvalue weighted by Crippen LogP contribution is -2.16. The number of ether oxygens (including phenoxy) is 2. The molecule has 0 bridgehead atoms. The first kappa shape index (κ1) is 13.1. The smallest absolute Gasteiger partial charge is 0.128 e. The van der Waals surface area contributed by atoms with Crippen LogP contribution in [0.5, 0.6) is 5.75 Å². The molecule has 2 N–H and O–H groups in total. The second kappa shape index (κ2) is 6.07. The minimum absolute atomic E-state index is 0.0497. The van der Waals surface area contributed by atoms with Crippen molar-refractivity contribution >= 4 is 0 Å². The van der Waals surface area contributed by atoms with Gasteiger partial charge in [0.15, 0.2) is 0 Å². The number of H-pyrrole nitrogens is 1. The minimum Gasteiger partial charge on any atom is -0.490 e. The monoisotopic (exact) mass is 274 g/mol. The van der Waals surface area contributed by atoms with Gasteiger partial charge in [0.2, 0.25) is 0 Å². The molecule has 1 saturated heterocycles. The van der Waals surface area contributed by atoms with Gasteiger partial charge in [-0.25, -0.2) is 0 Å². The third kappa shape index (κ3) is 2.84. The maximum absolute atomic E-state index is 9.10. The van der Waals surface area contributed by atoms with E-state index < -0.39 is 0 Å². The lowest BCUT2D eigenvalue weighted by atomic mass is 10.1. The molecule has 3 rings (SSSR count). The number of nitrogens with one attached hydrogen (secondary N) is 1. The molecule has 106 valence electrons. The minimum atomic E-state index is -0.0497. The van der Waals surface area contributed by atoms with Crippen LogP contribution in [0.2, 0.25) is 0 Å². The second-order valence-corrected chi connectivity index (χ2v) is 4.88. The van der Waals surface area contributed by atoms with Crippen molar-refractivity contribution in [1.82, 2.24) is 10.2 Å². The first-order valence-corrected chi connectivity index (χ1v) is 6.86. The van der Waals surface area contributed by atoms with Crippen molar-refractivity contribution in [3.63, 3.8) is 0 Å². The lowest BCUT2D eigenvalue weighted by molar-refractivity contribution is 0.0681. The molecule has 2 heterocycles. The van der Waals surface area contributed by atoms with Gasteiger partial charge >= 0.3 is 0 Å². The number of aromatic nitrogens is 2. The first-order valence-electron chi connectivity index (χ1n) is 6.86. The van der Waals surface area contributed by atoms with Gasteiger partial charge in [0.25, 0.3) is 0 Å². The van der Waals surface area contributed by atoms with E-state index in [-0.39, 0.29) is 12.7 Å². The number of hydrogen-bond donors (Lipinski definition) is 2. The summed E-state index contributed by atoms with van der Waals surface area (Å²) >= 11 is 0. The summed E-state index contributed by atoms with van der Waals surface area (Å²) in [5.41, 5.74) is 2.38. The summed E-state index contributed by atoms with van der Waals surface area (Å²) in [7, 11) is 0. The summed E-state index contributed by atoms with van der Waals surface area (Å²) in [6, 6.07) is 9.60. The van der Waals surface area contributed by atoms with E-state index in [4.69, 9.17) is 14.6 Å². The van der Waals surface area contributed by atoms with Gasteiger partial charge in [0, 0.05) is 12.2 Å². The number of aliphatic hydroxyl groups is 1. The Morgan fingerprint density at radius 2 is 2.30 bits per heavy atom. The van der Waals surface area contributed by atoms with Crippen molar-refractivity contribution in [2.45, 2.75) is 25.6 Å². The summed E-state index contributed by atoms with van der Waals surface area (Å²) in [4.78, 5) is 0. The van der Waals surface area contributed by atoms with Gasteiger partial charge in [-0.2, -0.15) is 5.10 Å². The number of nitrogens with zero attached hydrogens (tertiary/aromatic N) is 1. The Kier molecular flexibility index (Phi) is 3.99. The molecule has 2 aromatic rings. The third-order valence-corrected chi connectivity index (χ3v) is 3.41. The molecule has 1 unspecified atom stereocenters. The number of aliphatic hydroxyl groups excluding tert-OH is 1. The van der Waals surface area contributed by atoms with E-state index in [1.54, 1.807) is 0 Å². The summed E-state index contributed by atoms with van der Waals surface area (Å²) < 4.78 is 11.4. The van der Waals surface area contributed by atoms with E-state index >= 15 is 0 Å². The fourth-order valence-electron chi connectivity index (χ4n) is 2.34. The zero-order chi connectivity index (χ0) is 13.8. The predicted molar refractivity (Wildman–Crippen MR) is 74.4 cm³/mol. The van der Waals surface area contributed by atoms with Crippen molar-refractivity contribution in [2.75, 3.05) is 13.2 Å². The van der Waals surface area contributed by atoms with Crippen LogP contribution >= 0.6 is 0 Å². The highest BCUT2D eigenvalue weighted by atomic mass is 16.5. The fourth-order valence-corrected chi connectivity index (χ4v) is 2.34. The molecule has 1 atom stereocenters. The normalized spacial score (nSPS) is 18.4. The van der Waals surface area contributed by atoms with Gasteiger partial charge < -0.3 is 14.6 Å². The number of para-hydroxylation sites is 1. The molecule has 1 aliphatic heterocycles. The Morgan fingerprint density at radius 1 is 1.40 bits per heavy atom. The third-order valence-electron chi connectivity index (χ3n) is 3.41. The molecular formula is C15H18N2O3. The Labute approximate surface area is 117 Å². The van der Waals surface area contributed by atoms with Crippen molar-refractivity contribution in [3.05, 3.63) is 36.0 Å². The highest BCUT2D eigenvalue weighted by molar-refractivity contribution is 5.67. The van der Waals surface area contributed by atoms with E-state index in [2.05, 4.69) is 10.2 Å². The van der Waals surface area contributed by atoms with E-state index in [1.165, 1.54) is 0 Å². The molecule has 1 aromatic carbocycles. The van der Waals surface area contributed by atoms with Crippen LogP contribution in [0, 0.1) is 0 Å². The molecular weight excluding hydrogens is 256 g/mol. The number of rotatable bonds is 5. The Morgan fingerprint density at radius 3 is 3.05 bits per heavy atom. The highest BCUT2D eigenvalue weighted by Crippen LogP contribution is 2.29. The van der Waals surface area contributed by atoms with E-state index in [0.29, 0.717) is 12.3 Å². The molecule has 0 aliphatic carbocycles. The van der Waals surface area contributed by atoms with Crippen LogP contribution < -0.4 is 4.74 Å². The topological polar surface area (TPSA) is 67.4 Å². The summed E-state index contributed by atoms with van der Waals surface area (Å²) in [6.45, 7) is 1.34. The van der Waals surface area contributed by atoms with E-state index in [0.717, 1.165) is 36.5 Å². The van der Waals surface area contributed by atoms with Gasteiger partial charge in [0.05, 0.1) is 24.1 Å². The molecule has 1 fully saturated rings. The average molecular weight is 274 g/mol. The van der Waals surface area contributed by atoms with Crippen LogP contribution in [-0.2, 0) is 11.3 Å². The number of hydrogen-bond acceptors (Lipinski definition) is 4. The Hall–Kier alpha value is -1.85. The maximum atomic E-state index is 9.10. The summed E-state index contributed by atoms with van der Waals surface area (Å²) in [6.07, 6.45) is 2.35. The SMILES string of the molecule is OCc1cc(-c2ccccc2OCC2CCCO2)n[nH]1. The van der Waals surface area contributed by atoms with Gasteiger partial charge in [-0.1, -0.05) is 12.1 Å². The van der Waals surface area contributed by atoms with Crippen LogP contribution in [0.1, 0.15) is 18.5 Å². The quantitative estimate of drug-likeness (QED) is 0.876. The zero-order valence-electron chi connectivity index (χ0n) is 11.2. The van der Waals surface area contributed by atoms with Gasteiger partial charge in [-0.3, -0.25) is 5.10 Å². The molecule has 0 saturated carbocycles. The predicted octanol–water partition coefficient (Wildman–Crippen LogP) is 2.13. The van der Waals surface area contributed by atoms with Crippen LogP contribution in [0.4, 0.5) is 0 Å².